The third-order valence-electron chi connectivity index (χ3n) is 4.78. The lowest BCUT2D eigenvalue weighted by atomic mass is 9.72. The third kappa shape index (κ3) is 2.10. The van der Waals surface area contributed by atoms with Gasteiger partial charge < -0.3 is 4.90 Å². The van der Waals surface area contributed by atoms with Gasteiger partial charge in [0.15, 0.2) is 0 Å². The molecule has 1 aliphatic carbocycles. The van der Waals surface area contributed by atoms with Crippen molar-refractivity contribution in [3.05, 3.63) is 9.66 Å². The second-order valence-electron chi connectivity index (χ2n) is 5.97. The van der Waals surface area contributed by atoms with Gasteiger partial charge in [0.1, 0.15) is 6.17 Å². The Labute approximate surface area is 121 Å². The first-order valence-corrected chi connectivity index (χ1v) is 7.96. The van der Waals surface area contributed by atoms with Crippen LogP contribution in [0.15, 0.2) is 9.66 Å². The standard InChI is InChI=1S/C14H19FINO/c1-8(15)9-4-10(5-9)14(18)17-12-2-3-13(17)7-11(16)6-12/h6,8-10,12-13H,2-5,7H2,1H3. The van der Waals surface area contributed by atoms with Crippen LogP contribution >= 0.6 is 22.6 Å². The molecule has 0 spiro atoms. The highest BCUT2D eigenvalue weighted by Crippen LogP contribution is 2.43. The highest BCUT2D eigenvalue weighted by Gasteiger charge is 2.45. The summed E-state index contributed by atoms with van der Waals surface area (Å²) in [5.74, 6) is 0.511. The molecule has 2 fully saturated rings. The zero-order valence-electron chi connectivity index (χ0n) is 10.6. The molecule has 3 atom stereocenters. The molecule has 0 radical (unpaired) electrons. The molecule has 2 nitrogen and oxygen atoms in total. The molecular formula is C14H19FINO. The van der Waals surface area contributed by atoms with E-state index in [0.29, 0.717) is 18.0 Å². The number of carbonyl (C=O) groups is 1. The Balaban J connectivity index is 1.65. The number of hydrogen-bond acceptors (Lipinski definition) is 1. The van der Waals surface area contributed by atoms with Gasteiger partial charge in [-0.3, -0.25) is 4.79 Å². The molecule has 2 bridgehead atoms. The summed E-state index contributed by atoms with van der Waals surface area (Å²) in [4.78, 5) is 14.6. The van der Waals surface area contributed by atoms with E-state index in [-0.39, 0.29) is 11.8 Å². The lowest BCUT2D eigenvalue weighted by molar-refractivity contribution is -0.143. The molecule has 4 heteroatoms. The van der Waals surface area contributed by atoms with Gasteiger partial charge in [0.05, 0.1) is 6.04 Å². The molecule has 0 aromatic heterocycles. The van der Waals surface area contributed by atoms with Crippen molar-refractivity contribution in [2.75, 3.05) is 0 Å². The van der Waals surface area contributed by atoms with Crippen molar-refractivity contribution in [2.24, 2.45) is 11.8 Å². The maximum absolute atomic E-state index is 13.1. The number of fused-ring (bicyclic) bond motifs is 2. The van der Waals surface area contributed by atoms with Gasteiger partial charge in [-0.05, 0) is 71.1 Å². The maximum Gasteiger partial charge on any atom is 0.226 e. The molecule has 2 heterocycles. The summed E-state index contributed by atoms with van der Waals surface area (Å²) >= 11 is 2.39. The van der Waals surface area contributed by atoms with Crippen LogP contribution in [0, 0.1) is 11.8 Å². The molecule has 2 aliphatic heterocycles. The Bertz CT molecular complexity index is 389. The fourth-order valence-corrected chi connectivity index (χ4v) is 4.49. The van der Waals surface area contributed by atoms with E-state index < -0.39 is 6.17 Å². The minimum absolute atomic E-state index is 0.0976. The molecule has 1 amide bonds. The Morgan fingerprint density at radius 1 is 1.50 bits per heavy atom. The van der Waals surface area contributed by atoms with Crippen molar-refractivity contribution in [3.8, 4) is 0 Å². The highest BCUT2D eigenvalue weighted by molar-refractivity contribution is 14.1. The van der Waals surface area contributed by atoms with Crippen LogP contribution in [0.3, 0.4) is 0 Å². The van der Waals surface area contributed by atoms with Crippen molar-refractivity contribution in [1.82, 2.24) is 4.90 Å². The molecule has 1 saturated heterocycles. The smallest absolute Gasteiger partial charge is 0.226 e. The number of halogens is 2. The molecule has 3 rings (SSSR count). The van der Waals surface area contributed by atoms with E-state index in [9.17, 15) is 9.18 Å². The van der Waals surface area contributed by atoms with Crippen LogP contribution in [0.4, 0.5) is 4.39 Å². The summed E-state index contributed by atoms with van der Waals surface area (Å²) in [6, 6.07) is 0.742. The Kier molecular flexibility index (Phi) is 3.41. The zero-order chi connectivity index (χ0) is 12.9. The van der Waals surface area contributed by atoms with Gasteiger partial charge in [0.25, 0.3) is 0 Å². The third-order valence-corrected chi connectivity index (χ3v) is 5.58. The van der Waals surface area contributed by atoms with Crippen LogP contribution in [0.5, 0.6) is 0 Å². The van der Waals surface area contributed by atoms with Gasteiger partial charge in [-0.25, -0.2) is 4.39 Å². The van der Waals surface area contributed by atoms with E-state index in [1.165, 1.54) is 3.58 Å². The normalized spacial score (nSPS) is 40.2. The molecular weight excluding hydrogens is 344 g/mol. The number of nitrogens with zero attached hydrogens (tertiary/aromatic N) is 1. The molecule has 18 heavy (non-hydrogen) atoms. The summed E-state index contributed by atoms with van der Waals surface area (Å²) in [6.45, 7) is 1.61. The minimum Gasteiger partial charge on any atom is -0.333 e. The van der Waals surface area contributed by atoms with Crippen LogP contribution in [0.1, 0.15) is 39.0 Å². The van der Waals surface area contributed by atoms with Gasteiger partial charge in [-0.1, -0.05) is 6.08 Å². The van der Waals surface area contributed by atoms with Crippen molar-refractivity contribution in [2.45, 2.75) is 57.3 Å². The number of hydrogen-bond donors (Lipinski definition) is 0. The summed E-state index contributed by atoms with van der Waals surface area (Å²) in [7, 11) is 0. The Morgan fingerprint density at radius 3 is 2.83 bits per heavy atom. The van der Waals surface area contributed by atoms with Crippen LogP contribution in [-0.2, 0) is 4.79 Å². The van der Waals surface area contributed by atoms with Gasteiger partial charge in [-0.2, -0.15) is 0 Å². The highest BCUT2D eigenvalue weighted by atomic mass is 127. The average Bonchev–Trinajstić information content (AvgIpc) is 2.48. The van der Waals surface area contributed by atoms with Crippen molar-refractivity contribution in [3.63, 3.8) is 0 Å². The van der Waals surface area contributed by atoms with Gasteiger partial charge in [-0.15, -0.1) is 0 Å². The largest absolute Gasteiger partial charge is 0.333 e. The first-order valence-electron chi connectivity index (χ1n) is 6.88. The van der Waals surface area contributed by atoms with Crippen molar-refractivity contribution >= 4 is 28.5 Å². The average molecular weight is 363 g/mol. The summed E-state index contributed by atoms with van der Waals surface area (Å²) < 4.78 is 14.5. The van der Waals surface area contributed by atoms with Crippen molar-refractivity contribution < 1.29 is 9.18 Å². The first-order chi connectivity index (χ1) is 8.56. The lowest BCUT2D eigenvalue weighted by Crippen LogP contribution is -2.49. The maximum atomic E-state index is 13.1. The van der Waals surface area contributed by atoms with E-state index in [1.807, 2.05) is 0 Å². The number of rotatable bonds is 2. The zero-order valence-corrected chi connectivity index (χ0v) is 12.8. The molecule has 0 aromatic carbocycles. The van der Waals surface area contributed by atoms with E-state index in [4.69, 9.17) is 0 Å². The predicted octanol–water partition coefficient (Wildman–Crippen LogP) is 3.45. The summed E-state index contributed by atoms with van der Waals surface area (Å²) in [6.07, 6.45) is 6.27. The lowest BCUT2D eigenvalue weighted by Gasteiger charge is -2.41. The van der Waals surface area contributed by atoms with E-state index in [2.05, 4.69) is 33.6 Å². The molecule has 0 N–H and O–H groups in total. The minimum atomic E-state index is -0.757. The SMILES string of the molecule is CC(F)C1CC(C(=O)N2C3C=C(I)CC2CC3)C1. The molecule has 0 aromatic rings. The molecule has 1 saturated carbocycles. The second-order valence-corrected chi connectivity index (χ2v) is 7.35. The van der Waals surface area contributed by atoms with Crippen LogP contribution < -0.4 is 0 Å². The quantitative estimate of drug-likeness (QED) is 0.689. The van der Waals surface area contributed by atoms with Gasteiger partial charge >= 0.3 is 0 Å². The Hall–Kier alpha value is -0.130. The fourth-order valence-electron chi connectivity index (χ4n) is 3.57. The van der Waals surface area contributed by atoms with Gasteiger partial charge in [0, 0.05) is 12.0 Å². The van der Waals surface area contributed by atoms with E-state index >= 15 is 0 Å². The van der Waals surface area contributed by atoms with Crippen LogP contribution in [0.2, 0.25) is 0 Å². The fraction of sp³-hybridized carbons (Fsp3) is 0.786. The second kappa shape index (κ2) is 4.76. The number of alkyl halides is 1. The van der Waals surface area contributed by atoms with Crippen LogP contribution in [-0.4, -0.2) is 29.1 Å². The first kappa shape index (κ1) is 12.9. The number of carbonyl (C=O) groups excluding carboxylic acids is 1. The summed E-state index contributed by atoms with van der Waals surface area (Å²) in [5.41, 5.74) is 0. The Morgan fingerprint density at radius 2 is 2.22 bits per heavy atom. The number of amides is 1. The summed E-state index contributed by atoms with van der Waals surface area (Å²) in [5, 5.41) is 0. The molecule has 3 unspecified atom stereocenters. The predicted molar refractivity (Wildman–Crippen MR) is 77.2 cm³/mol. The van der Waals surface area contributed by atoms with Crippen LogP contribution in [0.25, 0.3) is 0 Å². The molecule has 3 aliphatic rings. The topological polar surface area (TPSA) is 20.3 Å². The molecule has 100 valence electrons. The van der Waals surface area contributed by atoms with E-state index in [0.717, 1.165) is 32.1 Å². The van der Waals surface area contributed by atoms with Crippen molar-refractivity contribution in [1.29, 1.82) is 0 Å². The monoisotopic (exact) mass is 363 g/mol. The van der Waals surface area contributed by atoms with Gasteiger partial charge in [0.2, 0.25) is 5.91 Å². The van der Waals surface area contributed by atoms with E-state index in [1.54, 1.807) is 6.92 Å².